The van der Waals surface area contributed by atoms with Crippen LogP contribution in [0.3, 0.4) is 0 Å². The van der Waals surface area contributed by atoms with E-state index in [1.807, 2.05) is 18.7 Å². The second-order valence-corrected chi connectivity index (χ2v) is 3.88. The lowest BCUT2D eigenvalue weighted by Crippen LogP contribution is -2.35. The van der Waals surface area contributed by atoms with E-state index in [9.17, 15) is 0 Å². The number of hydrogen-bond donors (Lipinski definition) is 1. The largest absolute Gasteiger partial charge is 0.383 e. The highest BCUT2D eigenvalue weighted by Gasteiger charge is 2.14. The first-order valence-corrected chi connectivity index (χ1v) is 5.35. The quantitative estimate of drug-likeness (QED) is 0.833. The summed E-state index contributed by atoms with van der Waals surface area (Å²) in [6.45, 7) is 5.32. The van der Waals surface area contributed by atoms with Crippen LogP contribution in [-0.4, -0.2) is 41.3 Å². The molecule has 1 rings (SSSR count). The number of nitrogens with zero attached hydrogens (tertiary/aromatic N) is 4. The van der Waals surface area contributed by atoms with Gasteiger partial charge in [-0.1, -0.05) is 0 Å². The minimum atomic E-state index is 0.102. The Hall–Kier alpha value is -1.14. The zero-order valence-corrected chi connectivity index (χ0v) is 10.4. The Kier molecular flexibility index (Phi) is 4.70. The van der Waals surface area contributed by atoms with Crippen molar-refractivity contribution in [1.82, 2.24) is 15.0 Å². The highest BCUT2D eigenvalue weighted by molar-refractivity contribution is 6.28. The molecule has 0 unspecified atom stereocenters. The third-order valence-corrected chi connectivity index (χ3v) is 2.20. The van der Waals surface area contributed by atoms with Crippen molar-refractivity contribution in [2.45, 2.75) is 19.9 Å². The molecule has 0 aliphatic carbocycles. The Bertz CT molecular complexity index is 326. The normalized spacial score (nSPS) is 10.8. The van der Waals surface area contributed by atoms with E-state index in [0.717, 1.165) is 0 Å². The van der Waals surface area contributed by atoms with Crippen molar-refractivity contribution < 1.29 is 4.74 Å². The van der Waals surface area contributed by atoms with Crippen LogP contribution in [0.15, 0.2) is 0 Å². The lowest BCUT2D eigenvalue weighted by Gasteiger charge is -2.26. The minimum Gasteiger partial charge on any atom is -0.383 e. The summed E-state index contributed by atoms with van der Waals surface area (Å²) < 4.78 is 5.03. The van der Waals surface area contributed by atoms with Crippen LogP contribution in [0.1, 0.15) is 13.8 Å². The summed E-state index contributed by atoms with van der Waals surface area (Å²) in [5.41, 5.74) is 5.52. The maximum Gasteiger partial charge on any atom is 0.231 e. The van der Waals surface area contributed by atoms with Crippen LogP contribution >= 0.6 is 11.6 Å². The molecule has 0 bridgehead atoms. The molecule has 0 spiro atoms. The predicted molar refractivity (Wildman–Crippen MR) is 63.6 cm³/mol. The van der Waals surface area contributed by atoms with E-state index in [4.69, 9.17) is 22.1 Å². The molecule has 0 aromatic carbocycles. The summed E-state index contributed by atoms with van der Waals surface area (Å²) in [4.78, 5) is 13.8. The van der Waals surface area contributed by atoms with Crippen molar-refractivity contribution in [3.63, 3.8) is 0 Å². The Labute approximate surface area is 99.8 Å². The highest BCUT2D eigenvalue weighted by atomic mass is 35.5. The van der Waals surface area contributed by atoms with Crippen LogP contribution in [0.5, 0.6) is 0 Å². The number of hydrogen-bond acceptors (Lipinski definition) is 6. The summed E-state index contributed by atoms with van der Waals surface area (Å²) in [5, 5.41) is 0.102. The number of anilines is 2. The van der Waals surface area contributed by atoms with Gasteiger partial charge in [0.2, 0.25) is 17.2 Å². The van der Waals surface area contributed by atoms with E-state index in [1.165, 1.54) is 0 Å². The molecule has 6 nitrogen and oxygen atoms in total. The van der Waals surface area contributed by atoms with E-state index >= 15 is 0 Å². The van der Waals surface area contributed by atoms with Gasteiger partial charge in [0.05, 0.1) is 6.61 Å². The number of methoxy groups -OCH3 is 1. The van der Waals surface area contributed by atoms with Gasteiger partial charge in [-0.3, -0.25) is 0 Å². The number of nitrogen functional groups attached to an aromatic ring is 1. The van der Waals surface area contributed by atoms with E-state index in [-0.39, 0.29) is 17.3 Å². The molecule has 2 N–H and O–H groups in total. The molecule has 0 atom stereocenters. The highest BCUT2D eigenvalue weighted by Crippen LogP contribution is 2.14. The van der Waals surface area contributed by atoms with E-state index in [2.05, 4.69) is 15.0 Å². The van der Waals surface area contributed by atoms with E-state index in [0.29, 0.717) is 19.1 Å². The maximum atomic E-state index is 5.73. The standard InChI is InChI=1S/C9H16ClN5O/c1-6(2)15(4-5-16-3)9-13-7(10)12-8(11)14-9/h6H,4-5H2,1-3H3,(H2,11,12,13,14). The fourth-order valence-electron chi connectivity index (χ4n) is 1.26. The molecule has 0 fully saturated rings. The third-order valence-electron chi connectivity index (χ3n) is 2.03. The van der Waals surface area contributed by atoms with Crippen molar-refractivity contribution >= 4 is 23.5 Å². The summed E-state index contributed by atoms with van der Waals surface area (Å²) in [6, 6.07) is 0.230. The zero-order chi connectivity index (χ0) is 12.1. The van der Waals surface area contributed by atoms with Gasteiger partial charge in [-0.25, -0.2) is 0 Å². The second kappa shape index (κ2) is 5.81. The molecular formula is C9H16ClN5O. The molecule has 0 saturated heterocycles. The summed E-state index contributed by atoms with van der Waals surface area (Å²) >= 11 is 5.73. The summed E-state index contributed by atoms with van der Waals surface area (Å²) in [6.07, 6.45) is 0. The van der Waals surface area contributed by atoms with Crippen LogP contribution in [-0.2, 0) is 4.74 Å². The summed E-state index contributed by atoms with van der Waals surface area (Å²) in [5.74, 6) is 0.600. The monoisotopic (exact) mass is 245 g/mol. The molecule has 0 aliphatic heterocycles. The number of aromatic nitrogens is 3. The Morgan fingerprint density at radius 2 is 2.06 bits per heavy atom. The van der Waals surface area contributed by atoms with Crippen molar-refractivity contribution in [3.05, 3.63) is 5.28 Å². The van der Waals surface area contributed by atoms with Crippen LogP contribution in [0, 0.1) is 0 Å². The smallest absolute Gasteiger partial charge is 0.231 e. The van der Waals surface area contributed by atoms with E-state index < -0.39 is 0 Å². The molecular weight excluding hydrogens is 230 g/mol. The fourth-order valence-corrected chi connectivity index (χ4v) is 1.42. The van der Waals surface area contributed by atoms with Gasteiger partial charge in [0, 0.05) is 19.7 Å². The van der Waals surface area contributed by atoms with Gasteiger partial charge in [-0.15, -0.1) is 0 Å². The lowest BCUT2D eigenvalue weighted by molar-refractivity contribution is 0.203. The van der Waals surface area contributed by atoms with Crippen molar-refractivity contribution in [2.24, 2.45) is 0 Å². The molecule has 90 valence electrons. The van der Waals surface area contributed by atoms with Crippen LogP contribution < -0.4 is 10.6 Å². The first-order valence-electron chi connectivity index (χ1n) is 4.97. The van der Waals surface area contributed by atoms with Crippen molar-refractivity contribution in [1.29, 1.82) is 0 Å². The fraction of sp³-hybridized carbons (Fsp3) is 0.667. The Balaban J connectivity index is 2.91. The number of nitrogens with two attached hydrogens (primary N) is 1. The topological polar surface area (TPSA) is 77.2 Å². The molecule has 1 heterocycles. The van der Waals surface area contributed by atoms with Crippen molar-refractivity contribution in [3.8, 4) is 0 Å². The predicted octanol–water partition coefficient (Wildman–Crippen LogP) is 0.968. The van der Waals surface area contributed by atoms with Gasteiger partial charge in [-0.2, -0.15) is 15.0 Å². The SMILES string of the molecule is COCCN(c1nc(N)nc(Cl)n1)C(C)C. The second-order valence-electron chi connectivity index (χ2n) is 3.54. The van der Waals surface area contributed by atoms with Crippen LogP contribution in [0.4, 0.5) is 11.9 Å². The van der Waals surface area contributed by atoms with Crippen molar-refractivity contribution in [2.75, 3.05) is 30.9 Å². The van der Waals surface area contributed by atoms with Gasteiger partial charge in [0.15, 0.2) is 0 Å². The van der Waals surface area contributed by atoms with Gasteiger partial charge in [-0.05, 0) is 25.4 Å². The van der Waals surface area contributed by atoms with Gasteiger partial charge < -0.3 is 15.4 Å². The lowest BCUT2D eigenvalue weighted by atomic mass is 10.3. The summed E-state index contributed by atoms with van der Waals surface area (Å²) in [7, 11) is 1.65. The first-order chi connectivity index (χ1) is 7.54. The first kappa shape index (κ1) is 12.9. The number of halogens is 1. The average Bonchev–Trinajstić information content (AvgIpc) is 2.16. The molecule has 7 heteroatoms. The Morgan fingerprint density at radius 1 is 1.38 bits per heavy atom. The Morgan fingerprint density at radius 3 is 2.56 bits per heavy atom. The van der Waals surface area contributed by atoms with Gasteiger partial charge in [0.1, 0.15) is 0 Å². The molecule has 1 aromatic rings. The van der Waals surface area contributed by atoms with Crippen LogP contribution in [0.25, 0.3) is 0 Å². The maximum absolute atomic E-state index is 5.73. The molecule has 0 amide bonds. The van der Waals surface area contributed by atoms with Crippen LogP contribution in [0.2, 0.25) is 5.28 Å². The molecule has 16 heavy (non-hydrogen) atoms. The molecule has 0 radical (unpaired) electrons. The van der Waals surface area contributed by atoms with Gasteiger partial charge in [0.25, 0.3) is 0 Å². The number of ether oxygens (including phenoxy) is 1. The third kappa shape index (κ3) is 3.46. The van der Waals surface area contributed by atoms with Gasteiger partial charge >= 0.3 is 0 Å². The molecule has 1 aromatic heterocycles. The zero-order valence-electron chi connectivity index (χ0n) is 9.64. The number of rotatable bonds is 5. The average molecular weight is 246 g/mol. The molecule has 0 aliphatic rings. The molecule has 0 saturated carbocycles. The minimum absolute atomic E-state index is 0.102. The van der Waals surface area contributed by atoms with E-state index in [1.54, 1.807) is 7.11 Å².